The van der Waals surface area contributed by atoms with Gasteiger partial charge in [-0.25, -0.2) is 0 Å². The van der Waals surface area contributed by atoms with Crippen molar-refractivity contribution in [2.75, 3.05) is 6.61 Å². The predicted molar refractivity (Wildman–Crippen MR) is 57.8 cm³/mol. The number of nitrogens with two attached hydrogens (primary N) is 1. The molecule has 3 N–H and O–H groups in total. The Morgan fingerprint density at radius 2 is 2.15 bits per heavy atom. The van der Waals surface area contributed by atoms with Crippen LogP contribution < -0.4 is 5.73 Å². The molecule has 1 rings (SSSR count). The molecule has 0 bridgehead atoms. The molecular weight excluding hydrogens is 234 g/mol. The fraction of sp³-hybridized carbons (Fsp3) is 0.286. The van der Waals surface area contributed by atoms with Crippen molar-refractivity contribution < 1.29 is 5.11 Å². The van der Waals surface area contributed by atoms with E-state index in [2.05, 4.69) is 4.98 Å². The lowest BCUT2D eigenvalue weighted by Gasteiger charge is -2.06. The fourth-order valence-corrected chi connectivity index (χ4v) is 0.886. The molecule has 0 saturated carbocycles. The van der Waals surface area contributed by atoms with Gasteiger partial charge in [-0.1, -0.05) is 11.6 Å². The highest BCUT2D eigenvalue weighted by molar-refractivity contribution is 6.30. The molecule has 1 unspecified atom stereocenters. The molecule has 0 amide bonds. The quantitative estimate of drug-likeness (QED) is 0.831. The lowest BCUT2D eigenvalue weighted by atomic mass is 10.2. The number of pyridine rings is 1. The number of aliphatic hydroxyl groups is 1. The standard InChI is InChI=1S/C7H9ClN2O.2ClH/c8-5-1-2-10-7(3-5)6(9)4-11;;/h1-3,6,11H,4,9H2;2*1H. The molecule has 1 atom stereocenters. The first-order valence-corrected chi connectivity index (χ1v) is 3.59. The maximum atomic E-state index is 8.67. The molecule has 0 fully saturated rings. The summed E-state index contributed by atoms with van der Waals surface area (Å²) in [6.45, 7) is -0.118. The topological polar surface area (TPSA) is 59.1 Å². The van der Waals surface area contributed by atoms with Crippen LogP contribution in [0, 0.1) is 0 Å². The van der Waals surface area contributed by atoms with Gasteiger partial charge in [0.1, 0.15) is 0 Å². The van der Waals surface area contributed by atoms with Crippen molar-refractivity contribution in [1.29, 1.82) is 0 Å². The minimum atomic E-state index is -0.436. The second kappa shape index (κ2) is 7.35. The summed E-state index contributed by atoms with van der Waals surface area (Å²) in [5.41, 5.74) is 6.10. The van der Waals surface area contributed by atoms with Crippen molar-refractivity contribution in [3.63, 3.8) is 0 Å². The zero-order valence-electron chi connectivity index (χ0n) is 6.68. The Morgan fingerprint density at radius 1 is 1.54 bits per heavy atom. The molecule has 0 saturated heterocycles. The summed E-state index contributed by atoms with van der Waals surface area (Å²) in [5.74, 6) is 0. The molecule has 0 aliphatic rings. The molecule has 1 aromatic rings. The highest BCUT2D eigenvalue weighted by atomic mass is 35.5. The Morgan fingerprint density at radius 3 is 2.62 bits per heavy atom. The van der Waals surface area contributed by atoms with E-state index >= 15 is 0 Å². The minimum Gasteiger partial charge on any atom is -0.394 e. The van der Waals surface area contributed by atoms with Crippen LogP contribution in [-0.4, -0.2) is 16.7 Å². The van der Waals surface area contributed by atoms with Crippen LogP contribution in [0.3, 0.4) is 0 Å². The van der Waals surface area contributed by atoms with E-state index in [1.165, 1.54) is 0 Å². The summed E-state index contributed by atoms with van der Waals surface area (Å²) < 4.78 is 0. The molecule has 1 aromatic heterocycles. The van der Waals surface area contributed by atoms with Gasteiger partial charge in [0.05, 0.1) is 18.3 Å². The number of hydrogen-bond acceptors (Lipinski definition) is 3. The Kier molecular flexibility index (Phi) is 8.72. The van der Waals surface area contributed by atoms with Crippen LogP contribution in [0.5, 0.6) is 0 Å². The summed E-state index contributed by atoms with van der Waals surface area (Å²) in [5, 5.41) is 9.25. The third-order valence-corrected chi connectivity index (χ3v) is 1.55. The summed E-state index contributed by atoms with van der Waals surface area (Å²) in [4.78, 5) is 3.94. The molecule has 0 radical (unpaired) electrons. The van der Waals surface area contributed by atoms with Crippen LogP contribution in [0.1, 0.15) is 11.7 Å². The molecule has 0 aliphatic heterocycles. The van der Waals surface area contributed by atoms with Crippen LogP contribution in [0.2, 0.25) is 5.02 Å². The molecule has 13 heavy (non-hydrogen) atoms. The second-order valence-corrected chi connectivity index (χ2v) is 2.62. The molecule has 3 nitrogen and oxygen atoms in total. The van der Waals surface area contributed by atoms with Gasteiger partial charge in [0.25, 0.3) is 0 Å². The fourth-order valence-electron chi connectivity index (χ4n) is 0.717. The van der Waals surface area contributed by atoms with Crippen molar-refractivity contribution in [2.45, 2.75) is 6.04 Å². The zero-order valence-corrected chi connectivity index (χ0v) is 9.07. The number of aliphatic hydroxyl groups excluding tert-OH is 1. The van der Waals surface area contributed by atoms with Gasteiger partial charge in [-0.05, 0) is 12.1 Å². The van der Waals surface area contributed by atoms with Crippen LogP contribution in [0.25, 0.3) is 0 Å². The van der Waals surface area contributed by atoms with E-state index in [4.69, 9.17) is 22.4 Å². The number of halogens is 3. The first-order valence-electron chi connectivity index (χ1n) is 3.22. The lowest BCUT2D eigenvalue weighted by molar-refractivity contribution is 0.266. The summed E-state index contributed by atoms with van der Waals surface area (Å²) in [6, 6.07) is 2.87. The van der Waals surface area contributed by atoms with E-state index in [9.17, 15) is 0 Å². The first kappa shape index (κ1) is 15.4. The van der Waals surface area contributed by atoms with Crippen LogP contribution in [0.4, 0.5) is 0 Å². The van der Waals surface area contributed by atoms with Gasteiger partial charge in [0.15, 0.2) is 0 Å². The molecule has 0 aromatic carbocycles. The van der Waals surface area contributed by atoms with Gasteiger partial charge in [0, 0.05) is 11.2 Å². The largest absolute Gasteiger partial charge is 0.394 e. The third kappa shape index (κ3) is 4.64. The Balaban J connectivity index is 0. The summed E-state index contributed by atoms with van der Waals surface area (Å²) in [6.07, 6.45) is 1.56. The molecule has 0 aliphatic carbocycles. The number of rotatable bonds is 2. The van der Waals surface area contributed by atoms with Gasteiger partial charge < -0.3 is 10.8 Å². The van der Waals surface area contributed by atoms with E-state index in [0.29, 0.717) is 10.7 Å². The number of aromatic nitrogens is 1. The van der Waals surface area contributed by atoms with Crippen molar-refractivity contribution in [3.05, 3.63) is 29.0 Å². The van der Waals surface area contributed by atoms with Gasteiger partial charge in [-0.2, -0.15) is 0 Å². The van der Waals surface area contributed by atoms with Crippen LogP contribution in [-0.2, 0) is 0 Å². The third-order valence-electron chi connectivity index (χ3n) is 1.32. The van der Waals surface area contributed by atoms with E-state index < -0.39 is 6.04 Å². The Bertz CT molecular complexity index is 247. The minimum absolute atomic E-state index is 0. The normalized spacial score (nSPS) is 11.0. The van der Waals surface area contributed by atoms with Crippen LogP contribution >= 0.6 is 36.4 Å². The highest BCUT2D eigenvalue weighted by Crippen LogP contribution is 2.12. The van der Waals surface area contributed by atoms with Gasteiger partial charge >= 0.3 is 0 Å². The average molecular weight is 246 g/mol. The van der Waals surface area contributed by atoms with E-state index in [0.717, 1.165) is 0 Å². The van der Waals surface area contributed by atoms with Gasteiger partial charge in [0.2, 0.25) is 0 Å². The van der Waals surface area contributed by atoms with Crippen molar-refractivity contribution in [3.8, 4) is 0 Å². The highest BCUT2D eigenvalue weighted by Gasteiger charge is 2.04. The van der Waals surface area contributed by atoms with Crippen molar-refractivity contribution >= 4 is 36.4 Å². The maximum Gasteiger partial charge on any atom is 0.0705 e. The second-order valence-electron chi connectivity index (χ2n) is 2.19. The van der Waals surface area contributed by atoms with Gasteiger partial charge in [-0.15, -0.1) is 24.8 Å². The number of nitrogens with zero attached hydrogens (tertiary/aromatic N) is 1. The van der Waals surface area contributed by atoms with E-state index in [1.54, 1.807) is 18.3 Å². The molecule has 76 valence electrons. The smallest absolute Gasteiger partial charge is 0.0705 e. The van der Waals surface area contributed by atoms with Gasteiger partial charge in [-0.3, -0.25) is 4.98 Å². The van der Waals surface area contributed by atoms with E-state index in [1.807, 2.05) is 0 Å². The monoisotopic (exact) mass is 244 g/mol. The Labute approximate surface area is 94.1 Å². The maximum absolute atomic E-state index is 8.67. The molecule has 0 spiro atoms. The van der Waals surface area contributed by atoms with Crippen LogP contribution in [0.15, 0.2) is 18.3 Å². The van der Waals surface area contributed by atoms with Crippen molar-refractivity contribution in [2.24, 2.45) is 5.73 Å². The predicted octanol–water partition coefficient (Wildman–Crippen LogP) is 1.57. The Hall–Kier alpha value is -0.0600. The summed E-state index contributed by atoms with van der Waals surface area (Å²) in [7, 11) is 0. The summed E-state index contributed by atoms with van der Waals surface area (Å²) >= 11 is 5.67. The first-order chi connectivity index (χ1) is 5.24. The van der Waals surface area contributed by atoms with E-state index in [-0.39, 0.29) is 31.4 Å². The molecule has 1 heterocycles. The SMILES string of the molecule is Cl.Cl.NC(CO)c1cc(Cl)ccn1. The molecule has 6 heteroatoms. The van der Waals surface area contributed by atoms with Crippen molar-refractivity contribution in [1.82, 2.24) is 4.98 Å². The zero-order chi connectivity index (χ0) is 8.27. The molecular formula is C7H11Cl3N2O. The average Bonchev–Trinajstić information content (AvgIpc) is 2.03. The number of hydrogen-bond donors (Lipinski definition) is 2. The lowest BCUT2D eigenvalue weighted by Crippen LogP contribution is -2.15.